The van der Waals surface area contributed by atoms with Crippen molar-refractivity contribution in [2.24, 2.45) is 0 Å². The molecular weight excluding hydrogens is 212 g/mol. The Kier molecular flexibility index (Phi) is 4.17. The number of amides is 1. The third-order valence-corrected chi connectivity index (χ3v) is 2.71. The van der Waals surface area contributed by atoms with Gasteiger partial charge in [0.2, 0.25) is 0 Å². The predicted octanol–water partition coefficient (Wildman–Crippen LogP) is 0.860. The number of carbonyl (C=O) groups excluding carboxylic acids is 1. The standard InChI is InChI=1S/C14H16N2O/c17-14(16-11-4-9-15-10-12-16)8-7-13-5-2-1-3-6-13/h1-3,5-6,15H,4,9-12H2. The van der Waals surface area contributed by atoms with Crippen LogP contribution in [0.25, 0.3) is 0 Å². The molecule has 0 bridgehead atoms. The lowest BCUT2D eigenvalue weighted by Crippen LogP contribution is -2.33. The molecule has 1 aromatic rings. The summed E-state index contributed by atoms with van der Waals surface area (Å²) in [4.78, 5) is 13.7. The van der Waals surface area contributed by atoms with Gasteiger partial charge in [-0.2, -0.15) is 0 Å². The number of nitrogens with zero attached hydrogens (tertiary/aromatic N) is 1. The minimum atomic E-state index is -0.0717. The van der Waals surface area contributed by atoms with Crippen molar-refractivity contribution in [2.45, 2.75) is 6.42 Å². The fraction of sp³-hybridized carbons (Fsp3) is 0.357. The number of hydrogen-bond donors (Lipinski definition) is 1. The van der Waals surface area contributed by atoms with Gasteiger partial charge < -0.3 is 10.2 Å². The van der Waals surface area contributed by atoms with Crippen LogP contribution in [-0.2, 0) is 4.79 Å². The van der Waals surface area contributed by atoms with Crippen molar-refractivity contribution in [2.75, 3.05) is 26.2 Å². The van der Waals surface area contributed by atoms with Crippen molar-refractivity contribution in [3.05, 3.63) is 35.9 Å². The van der Waals surface area contributed by atoms with Gasteiger partial charge in [0.25, 0.3) is 5.91 Å². The normalized spacial score (nSPS) is 15.6. The topological polar surface area (TPSA) is 32.3 Å². The molecule has 0 spiro atoms. The van der Waals surface area contributed by atoms with Gasteiger partial charge in [0.1, 0.15) is 0 Å². The van der Waals surface area contributed by atoms with Gasteiger partial charge in [0.05, 0.1) is 0 Å². The number of nitrogens with one attached hydrogen (secondary N) is 1. The molecule has 1 aliphatic rings. The Morgan fingerprint density at radius 3 is 2.82 bits per heavy atom. The molecular formula is C14H16N2O. The van der Waals surface area contributed by atoms with Crippen LogP contribution in [0.2, 0.25) is 0 Å². The Balaban J connectivity index is 1.99. The zero-order valence-electron chi connectivity index (χ0n) is 9.78. The summed E-state index contributed by atoms with van der Waals surface area (Å²) >= 11 is 0. The van der Waals surface area contributed by atoms with Crippen LogP contribution in [0.5, 0.6) is 0 Å². The average molecular weight is 228 g/mol. The Labute approximate surface area is 102 Å². The molecule has 1 amide bonds. The van der Waals surface area contributed by atoms with Crippen molar-refractivity contribution in [3.63, 3.8) is 0 Å². The smallest absolute Gasteiger partial charge is 0.298 e. The van der Waals surface area contributed by atoms with Crippen molar-refractivity contribution in [3.8, 4) is 11.8 Å². The molecule has 0 atom stereocenters. The van der Waals surface area contributed by atoms with E-state index < -0.39 is 0 Å². The third-order valence-electron chi connectivity index (χ3n) is 2.71. The molecule has 0 aromatic heterocycles. The van der Waals surface area contributed by atoms with Crippen LogP contribution in [0.3, 0.4) is 0 Å². The molecule has 1 aromatic carbocycles. The van der Waals surface area contributed by atoms with Crippen LogP contribution in [0.15, 0.2) is 30.3 Å². The zero-order chi connectivity index (χ0) is 11.9. The maximum atomic E-state index is 11.8. The van der Waals surface area contributed by atoms with Crippen LogP contribution in [0, 0.1) is 11.8 Å². The first-order valence-electron chi connectivity index (χ1n) is 5.93. The zero-order valence-corrected chi connectivity index (χ0v) is 9.78. The number of rotatable bonds is 0. The molecule has 3 nitrogen and oxygen atoms in total. The van der Waals surface area contributed by atoms with E-state index in [9.17, 15) is 4.79 Å². The summed E-state index contributed by atoms with van der Waals surface area (Å²) in [6.07, 6.45) is 0.999. The molecule has 1 fully saturated rings. The van der Waals surface area contributed by atoms with Gasteiger partial charge in [-0.05, 0) is 25.1 Å². The Morgan fingerprint density at radius 1 is 1.18 bits per heavy atom. The van der Waals surface area contributed by atoms with Crippen LogP contribution < -0.4 is 5.32 Å². The Morgan fingerprint density at radius 2 is 2.00 bits per heavy atom. The SMILES string of the molecule is O=C(C#Cc1ccccc1)N1CCCNCC1. The van der Waals surface area contributed by atoms with Crippen molar-refractivity contribution >= 4 is 5.91 Å². The number of benzene rings is 1. The van der Waals surface area contributed by atoms with Gasteiger partial charge in [0, 0.05) is 31.1 Å². The van der Waals surface area contributed by atoms with Crippen molar-refractivity contribution in [1.82, 2.24) is 10.2 Å². The van der Waals surface area contributed by atoms with Crippen LogP contribution in [-0.4, -0.2) is 37.0 Å². The summed E-state index contributed by atoms with van der Waals surface area (Å²) in [5.74, 6) is 5.53. The second-order valence-corrected chi connectivity index (χ2v) is 4.01. The molecule has 3 heteroatoms. The quantitative estimate of drug-likeness (QED) is 0.668. The van der Waals surface area contributed by atoms with Gasteiger partial charge >= 0.3 is 0 Å². The first-order chi connectivity index (χ1) is 8.36. The van der Waals surface area contributed by atoms with Gasteiger partial charge in [-0.15, -0.1) is 0 Å². The predicted molar refractivity (Wildman–Crippen MR) is 67.4 cm³/mol. The van der Waals surface area contributed by atoms with E-state index in [0.717, 1.165) is 38.2 Å². The summed E-state index contributed by atoms with van der Waals surface area (Å²) in [6.45, 7) is 3.40. The molecule has 0 unspecified atom stereocenters. The molecule has 0 aliphatic carbocycles. The fourth-order valence-electron chi connectivity index (χ4n) is 1.78. The summed E-state index contributed by atoms with van der Waals surface area (Å²) < 4.78 is 0. The number of hydrogen-bond acceptors (Lipinski definition) is 2. The Hall–Kier alpha value is -1.79. The lowest BCUT2D eigenvalue weighted by molar-refractivity contribution is -0.124. The average Bonchev–Trinajstić information content (AvgIpc) is 2.66. The van der Waals surface area contributed by atoms with E-state index in [1.807, 2.05) is 35.2 Å². The minimum Gasteiger partial charge on any atom is -0.331 e. The summed E-state index contributed by atoms with van der Waals surface area (Å²) in [5, 5.41) is 3.26. The van der Waals surface area contributed by atoms with Crippen LogP contribution >= 0.6 is 0 Å². The van der Waals surface area contributed by atoms with E-state index in [4.69, 9.17) is 0 Å². The summed E-state index contributed by atoms with van der Waals surface area (Å²) in [5.41, 5.74) is 0.883. The van der Waals surface area contributed by atoms with Gasteiger partial charge in [-0.3, -0.25) is 4.79 Å². The monoisotopic (exact) mass is 228 g/mol. The van der Waals surface area contributed by atoms with Crippen molar-refractivity contribution in [1.29, 1.82) is 0 Å². The number of carbonyl (C=O) groups is 1. The molecule has 1 aliphatic heterocycles. The molecule has 88 valence electrons. The van der Waals surface area contributed by atoms with E-state index in [0.29, 0.717) is 0 Å². The van der Waals surface area contributed by atoms with E-state index in [2.05, 4.69) is 17.2 Å². The third kappa shape index (κ3) is 3.61. The van der Waals surface area contributed by atoms with Crippen LogP contribution in [0.4, 0.5) is 0 Å². The highest BCUT2D eigenvalue weighted by Gasteiger charge is 2.12. The maximum absolute atomic E-state index is 11.8. The van der Waals surface area contributed by atoms with E-state index in [1.54, 1.807) is 0 Å². The second-order valence-electron chi connectivity index (χ2n) is 4.01. The van der Waals surface area contributed by atoms with E-state index in [-0.39, 0.29) is 5.91 Å². The van der Waals surface area contributed by atoms with E-state index in [1.165, 1.54) is 0 Å². The lowest BCUT2D eigenvalue weighted by atomic mass is 10.2. The summed E-state index contributed by atoms with van der Waals surface area (Å²) in [6, 6.07) is 9.59. The van der Waals surface area contributed by atoms with Gasteiger partial charge in [-0.1, -0.05) is 24.1 Å². The van der Waals surface area contributed by atoms with Gasteiger partial charge in [-0.25, -0.2) is 0 Å². The molecule has 0 saturated carbocycles. The maximum Gasteiger partial charge on any atom is 0.298 e. The highest BCUT2D eigenvalue weighted by molar-refractivity contribution is 5.94. The lowest BCUT2D eigenvalue weighted by Gasteiger charge is -2.15. The second kappa shape index (κ2) is 6.07. The largest absolute Gasteiger partial charge is 0.331 e. The van der Waals surface area contributed by atoms with Crippen molar-refractivity contribution < 1.29 is 4.79 Å². The minimum absolute atomic E-state index is 0.0717. The highest BCUT2D eigenvalue weighted by atomic mass is 16.2. The molecule has 0 radical (unpaired) electrons. The highest BCUT2D eigenvalue weighted by Crippen LogP contribution is 1.97. The molecule has 1 heterocycles. The van der Waals surface area contributed by atoms with Crippen LogP contribution in [0.1, 0.15) is 12.0 Å². The van der Waals surface area contributed by atoms with E-state index >= 15 is 0 Å². The molecule has 2 rings (SSSR count). The molecule has 1 N–H and O–H groups in total. The Bertz CT molecular complexity index is 423. The first-order valence-corrected chi connectivity index (χ1v) is 5.93. The molecule has 17 heavy (non-hydrogen) atoms. The molecule has 1 saturated heterocycles. The van der Waals surface area contributed by atoms with Gasteiger partial charge in [0.15, 0.2) is 0 Å². The first kappa shape index (κ1) is 11.7. The fourth-order valence-corrected chi connectivity index (χ4v) is 1.78. The summed E-state index contributed by atoms with van der Waals surface area (Å²) in [7, 11) is 0.